The van der Waals surface area contributed by atoms with Crippen LogP contribution in [0.5, 0.6) is 5.75 Å². The minimum absolute atomic E-state index is 0.403. The van der Waals surface area contributed by atoms with Crippen LogP contribution in [0, 0.1) is 0 Å². The van der Waals surface area contributed by atoms with Gasteiger partial charge in [0.15, 0.2) is 6.29 Å². The van der Waals surface area contributed by atoms with Gasteiger partial charge in [0, 0.05) is 11.4 Å². The molecule has 0 bridgehead atoms. The highest BCUT2D eigenvalue weighted by molar-refractivity contribution is 6.35. The molecule has 0 aliphatic carbocycles. The molecule has 0 unspecified atom stereocenters. The van der Waals surface area contributed by atoms with Gasteiger partial charge in [-0.3, -0.25) is 0 Å². The van der Waals surface area contributed by atoms with Crippen molar-refractivity contribution in [1.29, 1.82) is 0 Å². The Bertz CT molecular complexity index is 289. The molecule has 1 rings (SSSR count). The van der Waals surface area contributed by atoms with E-state index in [-0.39, 0.29) is 0 Å². The fourth-order valence-electron chi connectivity index (χ4n) is 0.801. The number of benzene rings is 1. The van der Waals surface area contributed by atoms with Crippen molar-refractivity contribution in [3.8, 4) is 5.75 Å². The molecule has 0 fully saturated rings. The molecule has 0 spiro atoms. The Hall–Kier alpha value is -0.440. The molecule has 4 heteroatoms. The second kappa shape index (κ2) is 4.70. The summed E-state index contributed by atoms with van der Waals surface area (Å²) < 4.78 is 5.11. The second-order valence-corrected chi connectivity index (χ2v) is 3.40. The predicted octanol–water partition coefficient (Wildman–Crippen LogP) is 3.10. The Kier molecular flexibility index (Phi) is 3.85. The van der Waals surface area contributed by atoms with Crippen LogP contribution in [0.3, 0.4) is 0 Å². The lowest BCUT2D eigenvalue weighted by Gasteiger charge is -2.12. The van der Waals surface area contributed by atoms with Gasteiger partial charge in [0.25, 0.3) is 0 Å². The van der Waals surface area contributed by atoms with Crippen LogP contribution in [-0.4, -0.2) is 11.4 Å². The molecule has 2 nitrogen and oxygen atoms in total. The Morgan fingerprint density at radius 1 is 1.46 bits per heavy atom. The molecule has 1 aromatic carbocycles. The second-order valence-electron chi connectivity index (χ2n) is 2.56. The van der Waals surface area contributed by atoms with Crippen molar-refractivity contribution in [2.75, 3.05) is 0 Å². The molecule has 1 N–H and O–H groups in total. The highest BCUT2D eigenvalue weighted by atomic mass is 35.5. The molecular weight excluding hydrogens is 211 g/mol. The lowest BCUT2D eigenvalue weighted by atomic mass is 10.3. The molecule has 0 saturated heterocycles. The Balaban J connectivity index is 2.77. The third-order valence-electron chi connectivity index (χ3n) is 1.51. The van der Waals surface area contributed by atoms with Gasteiger partial charge in [-0.2, -0.15) is 0 Å². The summed E-state index contributed by atoms with van der Waals surface area (Å²) in [5.41, 5.74) is 0. The van der Waals surface area contributed by atoms with E-state index in [1.54, 1.807) is 18.2 Å². The fourth-order valence-corrected chi connectivity index (χ4v) is 1.25. The summed E-state index contributed by atoms with van der Waals surface area (Å²) in [6, 6.07) is 4.86. The predicted molar refractivity (Wildman–Crippen MR) is 53.4 cm³/mol. The number of aliphatic hydroxyl groups is 1. The van der Waals surface area contributed by atoms with Crippen molar-refractivity contribution < 1.29 is 9.84 Å². The van der Waals surface area contributed by atoms with Crippen molar-refractivity contribution in [2.45, 2.75) is 19.6 Å². The Morgan fingerprint density at radius 3 is 2.69 bits per heavy atom. The number of hydrogen-bond donors (Lipinski definition) is 1. The zero-order valence-corrected chi connectivity index (χ0v) is 8.64. The topological polar surface area (TPSA) is 29.5 Å². The average molecular weight is 221 g/mol. The molecule has 13 heavy (non-hydrogen) atoms. The van der Waals surface area contributed by atoms with Gasteiger partial charge in [0.05, 0.1) is 5.02 Å². The highest BCUT2D eigenvalue weighted by Crippen LogP contribution is 2.28. The van der Waals surface area contributed by atoms with E-state index in [0.29, 0.717) is 22.2 Å². The van der Waals surface area contributed by atoms with Gasteiger partial charge in [-0.15, -0.1) is 0 Å². The lowest BCUT2D eigenvalue weighted by Crippen LogP contribution is -2.13. The first-order chi connectivity index (χ1) is 6.13. The lowest BCUT2D eigenvalue weighted by molar-refractivity contribution is -0.0190. The summed E-state index contributed by atoms with van der Waals surface area (Å²) in [6.45, 7) is 1.81. The van der Waals surface area contributed by atoms with E-state index < -0.39 is 6.29 Å². The summed E-state index contributed by atoms with van der Waals surface area (Å²) in [7, 11) is 0. The molecule has 0 heterocycles. The van der Waals surface area contributed by atoms with E-state index >= 15 is 0 Å². The normalized spacial score (nSPS) is 12.6. The zero-order chi connectivity index (χ0) is 9.84. The molecule has 0 amide bonds. The third kappa shape index (κ3) is 3.07. The SMILES string of the molecule is CC[C@H](O)Oc1ccc(Cl)cc1Cl. The molecule has 1 atom stereocenters. The van der Waals surface area contributed by atoms with Crippen LogP contribution in [-0.2, 0) is 0 Å². The average Bonchev–Trinajstić information content (AvgIpc) is 2.09. The smallest absolute Gasteiger partial charge is 0.197 e. The summed E-state index contributed by atoms with van der Waals surface area (Å²) >= 11 is 11.5. The van der Waals surface area contributed by atoms with Gasteiger partial charge in [-0.25, -0.2) is 0 Å². The Labute approximate surface area is 87.0 Å². The summed E-state index contributed by atoms with van der Waals surface area (Å²) in [6.07, 6.45) is -0.308. The number of hydrogen-bond acceptors (Lipinski definition) is 2. The van der Waals surface area contributed by atoms with Crippen LogP contribution in [0.1, 0.15) is 13.3 Å². The molecule has 0 aliphatic rings. The van der Waals surface area contributed by atoms with Gasteiger partial charge in [0.2, 0.25) is 0 Å². The maximum absolute atomic E-state index is 9.19. The Morgan fingerprint density at radius 2 is 2.15 bits per heavy atom. The summed E-state index contributed by atoms with van der Waals surface area (Å²) in [5.74, 6) is 0.445. The maximum atomic E-state index is 9.19. The van der Waals surface area contributed by atoms with Crippen molar-refractivity contribution in [3.63, 3.8) is 0 Å². The summed E-state index contributed by atoms with van der Waals surface area (Å²) in [5, 5.41) is 10.1. The van der Waals surface area contributed by atoms with Crippen LogP contribution >= 0.6 is 23.2 Å². The highest BCUT2D eigenvalue weighted by Gasteiger charge is 2.06. The minimum atomic E-state index is -0.821. The molecule has 0 saturated carbocycles. The van der Waals surface area contributed by atoms with Crippen LogP contribution in [0.4, 0.5) is 0 Å². The summed E-state index contributed by atoms with van der Waals surface area (Å²) in [4.78, 5) is 0. The first-order valence-corrected chi connectivity index (χ1v) is 4.69. The quantitative estimate of drug-likeness (QED) is 0.794. The fraction of sp³-hybridized carbons (Fsp3) is 0.333. The number of aliphatic hydroxyl groups excluding tert-OH is 1. The first kappa shape index (κ1) is 10.6. The number of ether oxygens (including phenoxy) is 1. The first-order valence-electron chi connectivity index (χ1n) is 3.93. The van der Waals surface area contributed by atoms with Crippen molar-refractivity contribution in [3.05, 3.63) is 28.2 Å². The van der Waals surface area contributed by atoms with Gasteiger partial charge in [-0.1, -0.05) is 30.1 Å². The molecule has 0 aromatic heterocycles. The van der Waals surface area contributed by atoms with Gasteiger partial charge in [-0.05, 0) is 18.2 Å². The van der Waals surface area contributed by atoms with Crippen LogP contribution in [0.2, 0.25) is 10.0 Å². The largest absolute Gasteiger partial charge is 0.464 e. The van der Waals surface area contributed by atoms with Gasteiger partial charge >= 0.3 is 0 Å². The monoisotopic (exact) mass is 220 g/mol. The minimum Gasteiger partial charge on any atom is -0.464 e. The van der Waals surface area contributed by atoms with Crippen molar-refractivity contribution in [2.24, 2.45) is 0 Å². The molecule has 0 radical (unpaired) electrons. The van der Waals surface area contributed by atoms with Crippen LogP contribution < -0.4 is 4.74 Å². The number of rotatable bonds is 3. The van der Waals surface area contributed by atoms with E-state index in [1.807, 2.05) is 6.92 Å². The zero-order valence-electron chi connectivity index (χ0n) is 7.13. The standard InChI is InChI=1S/C9H10Cl2O2/c1-2-9(12)13-8-4-3-6(10)5-7(8)11/h3-5,9,12H,2H2,1H3/t9-/m1/s1. The van der Waals surface area contributed by atoms with E-state index in [9.17, 15) is 5.11 Å². The van der Waals surface area contributed by atoms with Crippen molar-refractivity contribution >= 4 is 23.2 Å². The van der Waals surface area contributed by atoms with E-state index in [1.165, 1.54) is 0 Å². The van der Waals surface area contributed by atoms with E-state index in [0.717, 1.165) is 0 Å². The molecule has 1 aromatic rings. The number of halogens is 2. The van der Waals surface area contributed by atoms with Crippen molar-refractivity contribution in [1.82, 2.24) is 0 Å². The van der Waals surface area contributed by atoms with E-state index in [4.69, 9.17) is 27.9 Å². The van der Waals surface area contributed by atoms with Crippen LogP contribution in [0.25, 0.3) is 0 Å². The maximum Gasteiger partial charge on any atom is 0.197 e. The van der Waals surface area contributed by atoms with E-state index in [2.05, 4.69) is 0 Å². The molecular formula is C9H10Cl2O2. The van der Waals surface area contributed by atoms with Crippen LogP contribution in [0.15, 0.2) is 18.2 Å². The molecule has 72 valence electrons. The third-order valence-corrected chi connectivity index (χ3v) is 2.04. The van der Waals surface area contributed by atoms with Gasteiger partial charge < -0.3 is 9.84 Å². The van der Waals surface area contributed by atoms with Gasteiger partial charge in [0.1, 0.15) is 5.75 Å². The molecule has 0 aliphatic heterocycles.